The molecule has 4 heteroatoms. The predicted octanol–water partition coefficient (Wildman–Crippen LogP) is 3.44. The number of nitrogens with zero attached hydrogens (tertiary/aromatic N) is 4. The summed E-state index contributed by atoms with van der Waals surface area (Å²) in [6.07, 6.45) is 4.12. The van der Waals surface area contributed by atoms with E-state index in [1.54, 1.807) is 0 Å². The SMILES string of the molecule is Cc1cccc(CN2CCN(Cc3cn4ccccc4c3C#N)CC2)c1. The molecular formula is C22H24N4. The average Bonchev–Trinajstić information content (AvgIpc) is 3.00. The second kappa shape index (κ2) is 7.33. The van der Waals surface area contributed by atoms with Crippen LogP contribution in [0.3, 0.4) is 0 Å². The predicted molar refractivity (Wildman–Crippen MR) is 104 cm³/mol. The van der Waals surface area contributed by atoms with Crippen molar-refractivity contribution < 1.29 is 0 Å². The summed E-state index contributed by atoms with van der Waals surface area (Å²) in [7, 11) is 0. The Kier molecular flexibility index (Phi) is 4.75. The highest BCUT2D eigenvalue weighted by Gasteiger charge is 2.19. The van der Waals surface area contributed by atoms with Crippen LogP contribution in [0.1, 0.15) is 22.3 Å². The van der Waals surface area contributed by atoms with E-state index >= 15 is 0 Å². The van der Waals surface area contributed by atoms with Gasteiger partial charge in [0.2, 0.25) is 0 Å². The minimum atomic E-state index is 0.813. The van der Waals surface area contributed by atoms with Crippen molar-refractivity contribution in [2.45, 2.75) is 20.0 Å². The van der Waals surface area contributed by atoms with Gasteiger partial charge in [-0.25, -0.2) is 0 Å². The highest BCUT2D eigenvalue weighted by molar-refractivity contribution is 5.65. The van der Waals surface area contributed by atoms with E-state index in [1.807, 2.05) is 24.4 Å². The molecule has 1 aromatic carbocycles. The summed E-state index contributed by atoms with van der Waals surface area (Å²) in [5.41, 5.74) is 5.66. The lowest BCUT2D eigenvalue weighted by molar-refractivity contribution is 0.122. The van der Waals surface area contributed by atoms with E-state index in [-0.39, 0.29) is 0 Å². The number of nitriles is 1. The molecule has 1 aliphatic heterocycles. The maximum absolute atomic E-state index is 9.57. The molecule has 3 heterocycles. The fraction of sp³-hybridized carbons (Fsp3) is 0.318. The largest absolute Gasteiger partial charge is 0.322 e. The van der Waals surface area contributed by atoms with Crippen LogP contribution in [0.2, 0.25) is 0 Å². The number of aryl methyl sites for hydroxylation is 1. The van der Waals surface area contributed by atoms with Gasteiger partial charge in [0.1, 0.15) is 6.07 Å². The first-order chi connectivity index (χ1) is 12.7. The van der Waals surface area contributed by atoms with Gasteiger partial charge in [-0.15, -0.1) is 0 Å². The number of pyridine rings is 1. The third kappa shape index (κ3) is 3.50. The molecule has 132 valence electrons. The molecule has 1 saturated heterocycles. The molecule has 0 atom stereocenters. The van der Waals surface area contributed by atoms with Crippen LogP contribution in [0.4, 0.5) is 0 Å². The van der Waals surface area contributed by atoms with Gasteiger partial charge in [0.05, 0.1) is 11.1 Å². The highest BCUT2D eigenvalue weighted by Crippen LogP contribution is 2.20. The molecule has 0 saturated carbocycles. The molecule has 0 amide bonds. The van der Waals surface area contributed by atoms with Crippen LogP contribution < -0.4 is 0 Å². The lowest BCUT2D eigenvalue weighted by atomic mass is 10.1. The molecule has 0 spiro atoms. The lowest BCUT2D eigenvalue weighted by Crippen LogP contribution is -2.45. The average molecular weight is 344 g/mol. The summed E-state index contributed by atoms with van der Waals surface area (Å²) in [6, 6.07) is 17.2. The number of piperazine rings is 1. The third-order valence-corrected chi connectivity index (χ3v) is 5.22. The normalized spacial score (nSPS) is 16.0. The van der Waals surface area contributed by atoms with Crippen molar-refractivity contribution in [3.05, 3.63) is 77.1 Å². The zero-order valence-electron chi connectivity index (χ0n) is 15.2. The Morgan fingerprint density at radius 1 is 0.962 bits per heavy atom. The van der Waals surface area contributed by atoms with Crippen molar-refractivity contribution in [3.8, 4) is 6.07 Å². The second-order valence-electron chi connectivity index (χ2n) is 7.18. The molecule has 1 fully saturated rings. The zero-order chi connectivity index (χ0) is 17.9. The van der Waals surface area contributed by atoms with E-state index in [0.717, 1.165) is 55.9 Å². The number of hydrogen-bond acceptors (Lipinski definition) is 3. The van der Waals surface area contributed by atoms with Gasteiger partial charge in [0, 0.05) is 57.2 Å². The number of rotatable bonds is 4. The molecular weight excluding hydrogens is 320 g/mol. The Balaban J connectivity index is 1.39. The summed E-state index contributed by atoms with van der Waals surface area (Å²) in [6.45, 7) is 8.26. The first-order valence-corrected chi connectivity index (χ1v) is 9.22. The molecule has 1 aliphatic rings. The van der Waals surface area contributed by atoms with Crippen molar-refractivity contribution in [2.75, 3.05) is 26.2 Å². The summed E-state index contributed by atoms with van der Waals surface area (Å²) < 4.78 is 2.06. The Morgan fingerprint density at radius 3 is 2.46 bits per heavy atom. The van der Waals surface area contributed by atoms with Gasteiger partial charge < -0.3 is 4.40 Å². The Bertz CT molecular complexity index is 942. The van der Waals surface area contributed by atoms with Crippen LogP contribution in [0.15, 0.2) is 54.9 Å². The maximum atomic E-state index is 9.57. The van der Waals surface area contributed by atoms with Crippen LogP contribution in [-0.2, 0) is 13.1 Å². The number of fused-ring (bicyclic) bond motifs is 1. The minimum absolute atomic E-state index is 0.813. The van der Waals surface area contributed by atoms with Crippen LogP contribution in [-0.4, -0.2) is 40.4 Å². The quantitative estimate of drug-likeness (QED) is 0.727. The summed E-state index contributed by atoms with van der Waals surface area (Å²) in [5, 5.41) is 9.57. The molecule has 26 heavy (non-hydrogen) atoms. The van der Waals surface area contributed by atoms with Gasteiger partial charge in [0.25, 0.3) is 0 Å². The van der Waals surface area contributed by atoms with E-state index in [4.69, 9.17) is 0 Å². The summed E-state index contributed by atoms with van der Waals surface area (Å²) in [5.74, 6) is 0. The molecule has 0 radical (unpaired) electrons. The third-order valence-electron chi connectivity index (χ3n) is 5.22. The molecule has 4 nitrogen and oxygen atoms in total. The smallest absolute Gasteiger partial charge is 0.102 e. The zero-order valence-corrected chi connectivity index (χ0v) is 15.2. The number of hydrogen-bond donors (Lipinski definition) is 0. The fourth-order valence-corrected chi connectivity index (χ4v) is 3.84. The Morgan fingerprint density at radius 2 is 1.73 bits per heavy atom. The Labute approximate surface area is 154 Å². The van der Waals surface area contributed by atoms with E-state index in [2.05, 4.69) is 57.7 Å². The molecule has 3 aromatic rings. The lowest BCUT2D eigenvalue weighted by Gasteiger charge is -2.34. The van der Waals surface area contributed by atoms with Crippen molar-refractivity contribution in [1.29, 1.82) is 5.26 Å². The highest BCUT2D eigenvalue weighted by atomic mass is 15.3. The van der Waals surface area contributed by atoms with Crippen molar-refractivity contribution in [1.82, 2.24) is 14.2 Å². The van der Waals surface area contributed by atoms with Crippen molar-refractivity contribution >= 4 is 5.52 Å². The molecule has 4 rings (SSSR count). The standard InChI is InChI=1S/C22H24N4/c1-18-5-4-6-19(13-18)15-24-9-11-25(12-10-24)16-20-17-26-8-3-2-7-22(26)21(20)14-23/h2-8,13,17H,9-12,15-16H2,1H3. The fourth-order valence-electron chi connectivity index (χ4n) is 3.84. The molecule has 2 aromatic heterocycles. The van der Waals surface area contributed by atoms with E-state index in [0.29, 0.717) is 0 Å². The van der Waals surface area contributed by atoms with Crippen LogP contribution in [0.5, 0.6) is 0 Å². The monoisotopic (exact) mass is 344 g/mol. The molecule has 0 aliphatic carbocycles. The van der Waals surface area contributed by atoms with Gasteiger partial charge in [0.15, 0.2) is 0 Å². The maximum Gasteiger partial charge on any atom is 0.102 e. The van der Waals surface area contributed by atoms with Gasteiger partial charge >= 0.3 is 0 Å². The van der Waals surface area contributed by atoms with E-state index < -0.39 is 0 Å². The van der Waals surface area contributed by atoms with Crippen LogP contribution in [0, 0.1) is 18.3 Å². The van der Waals surface area contributed by atoms with Gasteiger partial charge in [-0.05, 0) is 24.6 Å². The first kappa shape index (κ1) is 16.8. The van der Waals surface area contributed by atoms with Crippen LogP contribution in [0.25, 0.3) is 5.52 Å². The van der Waals surface area contributed by atoms with Crippen molar-refractivity contribution in [2.24, 2.45) is 0 Å². The first-order valence-electron chi connectivity index (χ1n) is 9.22. The number of benzene rings is 1. The van der Waals surface area contributed by atoms with Crippen molar-refractivity contribution in [3.63, 3.8) is 0 Å². The van der Waals surface area contributed by atoms with Gasteiger partial charge in [-0.2, -0.15) is 5.26 Å². The Hall–Kier alpha value is -2.61. The van der Waals surface area contributed by atoms with Crippen LogP contribution >= 0.6 is 0 Å². The molecule has 0 N–H and O–H groups in total. The summed E-state index contributed by atoms with van der Waals surface area (Å²) in [4.78, 5) is 4.98. The number of aromatic nitrogens is 1. The molecule has 0 unspecified atom stereocenters. The second-order valence-corrected chi connectivity index (χ2v) is 7.18. The molecule has 0 bridgehead atoms. The van der Waals surface area contributed by atoms with Gasteiger partial charge in [-0.1, -0.05) is 35.9 Å². The summed E-state index contributed by atoms with van der Waals surface area (Å²) >= 11 is 0. The van der Waals surface area contributed by atoms with Gasteiger partial charge in [-0.3, -0.25) is 9.80 Å². The minimum Gasteiger partial charge on any atom is -0.322 e. The van der Waals surface area contributed by atoms with E-state index in [1.165, 1.54) is 11.1 Å². The van der Waals surface area contributed by atoms with E-state index in [9.17, 15) is 5.26 Å². The topological polar surface area (TPSA) is 34.7 Å².